The molecule has 0 aliphatic carbocycles. The van der Waals surface area contributed by atoms with E-state index in [1.54, 1.807) is 12.1 Å². The topological polar surface area (TPSA) is 66.5 Å². The lowest BCUT2D eigenvalue weighted by Gasteiger charge is -2.24. The fraction of sp³-hybridized carbons (Fsp3) is 0.208. The number of nitrogens with zero attached hydrogens (tertiary/aromatic N) is 1. The first-order chi connectivity index (χ1) is 15.7. The van der Waals surface area contributed by atoms with Crippen molar-refractivity contribution in [2.75, 3.05) is 13.1 Å². The Morgan fingerprint density at radius 2 is 1.58 bits per heavy atom. The molecule has 1 amide bonds. The average molecular weight is 526 g/mol. The fourth-order valence-corrected chi connectivity index (χ4v) is 5.54. The summed E-state index contributed by atoms with van der Waals surface area (Å²) >= 11 is 18.1. The Hall–Kier alpha value is -2.09. The molecule has 0 spiro atoms. The highest BCUT2D eigenvalue weighted by Gasteiger charge is 2.29. The molecular formula is C24H23Cl3N2O3S. The van der Waals surface area contributed by atoms with E-state index in [-0.39, 0.29) is 34.1 Å². The van der Waals surface area contributed by atoms with Crippen molar-refractivity contribution in [2.45, 2.75) is 24.3 Å². The van der Waals surface area contributed by atoms with Gasteiger partial charge in [0.05, 0.1) is 17.6 Å². The van der Waals surface area contributed by atoms with E-state index in [0.29, 0.717) is 11.4 Å². The van der Waals surface area contributed by atoms with Crippen molar-refractivity contribution < 1.29 is 13.2 Å². The van der Waals surface area contributed by atoms with E-state index in [0.717, 1.165) is 15.4 Å². The molecule has 1 unspecified atom stereocenters. The number of hydrogen-bond donors (Lipinski definition) is 1. The Balaban J connectivity index is 1.82. The lowest BCUT2D eigenvalue weighted by molar-refractivity contribution is -0.121. The van der Waals surface area contributed by atoms with Crippen molar-refractivity contribution in [3.63, 3.8) is 0 Å². The summed E-state index contributed by atoms with van der Waals surface area (Å²) in [6.45, 7) is 1.55. The molecule has 0 radical (unpaired) electrons. The number of nitrogens with one attached hydrogen (secondary N) is 1. The summed E-state index contributed by atoms with van der Waals surface area (Å²) < 4.78 is 28.0. The third kappa shape index (κ3) is 6.95. The Bertz CT molecular complexity index is 1200. The molecule has 33 heavy (non-hydrogen) atoms. The van der Waals surface area contributed by atoms with Crippen LogP contribution in [0.2, 0.25) is 15.1 Å². The summed E-state index contributed by atoms with van der Waals surface area (Å²) in [6.07, 6.45) is 0.429. The summed E-state index contributed by atoms with van der Waals surface area (Å²) in [7, 11) is -4.09. The molecule has 1 N–H and O–H groups in total. The van der Waals surface area contributed by atoms with E-state index in [1.807, 2.05) is 49.4 Å². The van der Waals surface area contributed by atoms with Crippen LogP contribution in [-0.4, -0.2) is 31.7 Å². The fourth-order valence-electron chi connectivity index (χ4n) is 3.28. The minimum absolute atomic E-state index is 0.0408. The van der Waals surface area contributed by atoms with Crippen molar-refractivity contribution in [2.24, 2.45) is 0 Å². The molecule has 5 nitrogen and oxygen atoms in total. The third-order valence-corrected chi connectivity index (χ3v) is 7.89. The van der Waals surface area contributed by atoms with Gasteiger partial charge in [0, 0.05) is 16.6 Å². The molecule has 0 aliphatic rings. The van der Waals surface area contributed by atoms with E-state index >= 15 is 0 Å². The van der Waals surface area contributed by atoms with Crippen LogP contribution < -0.4 is 5.32 Å². The molecule has 0 saturated carbocycles. The zero-order chi connectivity index (χ0) is 24.0. The second kappa shape index (κ2) is 11.4. The lowest BCUT2D eigenvalue weighted by Crippen LogP contribution is -2.42. The Labute approximate surface area is 209 Å². The van der Waals surface area contributed by atoms with Gasteiger partial charge in [0.1, 0.15) is 4.90 Å². The van der Waals surface area contributed by atoms with Crippen LogP contribution in [0, 0.1) is 0 Å². The van der Waals surface area contributed by atoms with E-state index in [1.165, 1.54) is 18.2 Å². The zero-order valence-corrected chi connectivity index (χ0v) is 20.9. The minimum Gasteiger partial charge on any atom is -0.348 e. The smallest absolute Gasteiger partial charge is 0.245 e. The van der Waals surface area contributed by atoms with Crippen LogP contribution in [0.4, 0.5) is 0 Å². The number of carbonyl (C=O) groups excluding carboxylic acids is 1. The molecule has 0 saturated heterocycles. The van der Waals surface area contributed by atoms with Crippen LogP contribution in [0.15, 0.2) is 77.7 Å². The minimum atomic E-state index is -4.09. The highest BCUT2D eigenvalue weighted by Crippen LogP contribution is 2.28. The van der Waals surface area contributed by atoms with Gasteiger partial charge in [-0.15, -0.1) is 0 Å². The molecule has 3 aromatic carbocycles. The van der Waals surface area contributed by atoms with Gasteiger partial charge >= 0.3 is 0 Å². The Kier molecular flexibility index (Phi) is 8.79. The number of sulfonamides is 1. The molecule has 9 heteroatoms. The Morgan fingerprint density at radius 3 is 2.24 bits per heavy atom. The molecule has 3 rings (SSSR count). The van der Waals surface area contributed by atoms with Crippen LogP contribution in [0.1, 0.15) is 24.1 Å². The van der Waals surface area contributed by atoms with E-state index in [2.05, 4.69) is 5.32 Å². The zero-order valence-electron chi connectivity index (χ0n) is 17.8. The van der Waals surface area contributed by atoms with Crippen molar-refractivity contribution >= 4 is 50.7 Å². The number of rotatable bonds is 9. The normalized spacial score (nSPS) is 12.5. The van der Waals surface area contributed by atoms with Crippen LogP contribution in [0.3, 0.4) is 0 Å². The first-order valence-corrected chi connectivity index (χ1v) is 12.8. The highest BCUT2D eigenvalue weighted by atomic mass is 35.5. The monoisotopic (exact) mass is 524 g/mol. The molecule has 1 atom stereocenters. The molecule has 0 bridgehead atoms. The third-order valence-electron chi connectivity index (χ3n) is 5.07. The molecule has 3 aromatic rings. The van der Waals surface area contributed by atoms with Crippen LogP contribution >= 0.6 is 34.8 Å². The quantitative estimate of drug-likeness (QED) is 0.386. The molecular weight excluding hydrogens is 503 g/mol. The highest BCUT2D eigenvalue weighted by molar-refractivity contribution is 7.89. The standard InChI is InChI=1S/C24H23Cl3N2O3S/c1-17(19-7-9-20(25)10-8-19)28-24(30)16-29(14-13-18-5-3-2-4-6-18)33(31,32)23-15-21(26)11-12-22(23)27/h2-12,15,17H,13-14,16H2,1H3,(H,28,30). The van der Waals surface area contributed by atoms with E-state index in [9.17, 15) is 13.2 Å². The van der Waals surface area contributed by atoms with E-state index < -0.39 is 15.9 Å². The van der Waals surface area contributed by atoms with Gasteiger partial charge in [-0.25, -0.2) is 8.42 Å². The van der Waals surface area contributed by atoms with Crippen LogP contribution in [-0.2, 0) is 21.2 Å². The van der Waals surface area contributed by atoms with Gasteiger partial charge < -0.3 is 5.32 Å². The van der Waals surface area contributed by atoms with Gasteiger partial charge in [-0.3, -0.25) is 4.79 Å². The second-order valence-electron chi connectivity index (χ2n) is 7.49. The van der Waals surface area contributed by atoms with Crippen molar-refractivity contribution in [1.29, 1.82) is 0 Å². The molecule has 0 fully saturated rings. The lowest BCUT2D eigenvalue weighted by atomic mass is 10.1. The van der Waals surface area contributed by atoms with Crippen molar-refractivity contribution in [3.8, 4) is 0 Å². The number of carbonyl (C=O) groups is 1. The average Bonchev–Trinajstić information content (AvgIpc) is 2.79. The largest absolute Gasteiger partial charge is 0.348 e. The summed E-state index contributed by atoms with van der Waals surface area (Å²) in [4.78, 5) is 12.7. The summed E-state index contributed by atoms with van der Waals surface area (Å²) in [5.41, 5.74) is 1.80. The predicted octanol–water partition coefficient (Wildman–Crippen LogP) is 5.76. The van der Waals surface area contributed by atoms with Gasteiger partial charge in [-0.05, 0) is 54.8 Å². The first-order valence-electron chi connectivity index (χ1n) is 10.2. The van der Waals surface area contributed by atoms with Crippen molar-refractivity contribution in [1.82, 2.24) is 9.62 Å². The Morgan fingerprint density at radius 1 is 0.939 bits per heavy atom. The van der Waals surface area contributed by atoms with Gasteiger partial charge in [-0.2, -0.15) is 4.31 Å². The van der Waals surface area contributed by atoms with Gasteiger partial charge in [-0.1, -0.05) is 77.3 Å². The van der Waals surface area contributed by atoms with Gasteiger partial charge in [0.15, 0.2) is 0 Å². The maximum absolute atomic E-state index is 13.4. The summed E-state index contributed by atoms with van der Waals surface area (Å²) in [5, 5.41) is 3.72. The predicted molar refractivity (Wildman–Crippen MR) is 133 cm³/mol. The van der Waals surface area contributed by atoms with Crippen LogP contribution in [0.25, 0.3) is 0 Å². The van der Waals surface area contributed by atoms with Crippen LogP contribution in [0.5, 0.6) is 0 Å². The number of amides is 1. The summed E-state index contributed by atoms with van der Waals surface area (Å²) in [5.74, 6) is -0.438. The number of halogens is 3. The second-order valence-corrected chi connectivity index (χ2v) is 10.7. The van der Waals surface area contributed by atoms with Gasteiger partial charge in [0.2, 0.25) is 15.9 Å². The van der Waals surface area contributed by atoms with Gasteiger partial charge in [0.25, 0.3) is 0 Å². The SMILES string of the molecule is CC(NC(=O)CN(CCc1ccccc1)S(=O)(=O)c1cc(Cl)ccc1Cl)c1ccc(Cl)cc1. The molecule has 0 aromatic heterocycles. The number of hydrogen-bond acceptors (Lipinski definition) is 3. The van der Waals surface area contributed by atoms with E-state index in [4.69, 9.17) is 34.8 Å². The first kappa shape index (κ1) is 25.5. The maximum atomic E-state index is 13.4. The molecule has 0 heterocycles. The molecule has 174 valence electrons. The summed E-state index contributed by atoms with van der Waals surface area (Å²) in [6, 6.07) is 20.4. The number of benzene rings is 3. The van der Waals surface area contributed by atoms with Crippen molar-refractivity contribution in [3.05, 3.63) is 99.0 Å². The maximum Gasteiger partial charge on any atom is 0.245 e. The molecule has 0 aliphatic heterocycles.